The Morgan fingerprint density at radius 1 is 1.31 bits per heavy atom. The van der Waals surface area contributed by atoms with E-state index in [9.17, 15) is 36.3 Å². The molecule has 200 valence electrons. The summed E-state index contributed by atoms with van der Waals surface area (Å²) < 4.78 is 74.8. The third kappa shape index (κ3) is 5.38. The number of rotatable bonds is 7. The van der Waals surface area contributed by atoms with Crippen LogP contribution in [-0.2, 0) is 17.8 Å². The molecule has 1 N–H and O–H groups in total. The molecule has 0 atom stereocenters. The second-order valence-electron chi connectivity index (χ2n) is 8.48. The number of methoxy groups -OCH3 is 1. The van der Waals surface area contributed by atoms with Gasteiger partial charge < -0.3 is 0 Å². The van der Waals surface area contributed by atoms with Crippen LogP contribution < -0.4 is 36.3 Å². The molecule has 9 nitrogen and oxygen atoms in total. The molecule has 16 heteroatoms. The standard InChI is InChI=1S/C20H22F5IN5O4S/c1-10-12(9-29-6-4-27-17(29)28-26-16(33)35-2)36-15-13(10)14(32)31(11-7-19(21,22)8-11)18(34)30(15)5-3-20(23,24)25/h11H,3-9H2,1-2H3,(H,27,28)/q-1. The van der Waals surface area contributed by atoms with Gasteiger partial charge in [-0.3, -0.25) is 0 Å². The number of aliphatic imine (C=N–C) groups is 1. The van der Waals surface area contributed by atoms with Crippen molar-refractivity contribution in [2.75, 3.05) is 20.2 Å². The van der Waals surface area contributed by atoms with Gasteiger partial charge in [-0.2, -0.15) is 0 Å². The molecule has 36 heavy (non-hydrogen) atoms. The number of aromatic nitrogens is 2. The Labute approximate surface area is 215 Å². The predicted molar refractivity (Wildman–Crippen MR) is 117 cm³/mol. The van der Waals surface area contributed by atoms with Gasteiger partial charge in [0.1, 0.15) is 0 Å². The van der Waals surface area contributed by atoms with Crippen LogP contribution >= 0.6 is 11.3 Å². The normalized spacial score (nSPS) is 18.0. The van der Waals surface area contributed by atoms with Crippen LogP contribution in [0.25, 0.3) is 10.2 Å². The first-order chi connectivity index (χ1) is 16.8. The number of guanidine groups is 1. The first-order valence-electron chi connectivity index (χ1n) is 10.8. The van der Waals surface area contributed by atoms with Gasteiger partial charge in [-0.25, -0.2) is 8.78 Å². The Balaban J connectivity index is 1.73. The topological polar surface area (TPSA) is 97.9 Å². The van der Waals surface area contributed by atoms with E-state index < -0.39 is 80.7 Å². The SMILES string of the molecule is COC(=O)[I-]NC1=NCCN1Cc1sc2c(c1C)c(=O)n(C1CC(F)(F)C1)c(=O)n2CCC(F)(F)F. The van der Waals surface area contributed by atoms with Crippen LogP contribution in [0.3, 0.4) is 0 Å². The molecule has 0 amide bonds. The maximum absolute atomic E-state index is 13.5. The first-order valence-corrected chi connectivity index (χ1v) is 13.8. The molecule has 2 aromatic rings. The summed E-state index contributed by atoms with van der Waals surface area (Å²) in [5.74, 6) is -2.56. The summed E-state index contributed by atoms with van der Waals surface area (Å²) >= 11 is -0.156. The zero-order chi connectivity index (χ0) is 26.4. The fraction of sp³-hybridized carbons (Fsp3) is 0.600. The van der Waals surface area contributed by atoms with E-state index in [-0.39, 0.29) is 16.8 Å². The van der Waals surface area contributed by atoms with Crippen molar-refractivity contribution in [2.24, 2.45) is 4.99 Å². The van der Waals surface area contributed by atoms with Gasteiger partial charge in [0.25, 0.3) is 0 Å². The van der Waals surface area contributed by atoms with E-state index in [1.165, 1.54) is 7.11 Å². The van der Waals surface area contributed by atoms with E-state index in [2.05, 4.69) is 13.3 Å². The third-order valence-corrected chi connectivity index (χ3v) is 8.96. The Hall–Kier alpha value is -2.24. The molecule has 1 saturated carbocycles. The van der Waals surface area contributed by atoms with Crippen molar-refractivity contribution < 1.29 is 53.0 Å². The van der Waals surface area contributed by atoms with E-state index in [0.717, 1.165) is 15.9 Å². The summed E-state index contributed by atoms with van der Waals surface area (Å²) in [5, 5.41) is 0.0552. The second-order valence-corrected chi connectivity index (χ2v) is 11.5. The molecule has 0 radical (unpaired) electrons. The van der Waals surface area contributed by atoms with E-state index in [4.69, 9.17) is 0 Å². The van der Waals surface area contributed by atoms with Crippen LogP contribution in [0.5, 0.6) is 0 Å². The Kier molecular flexibility index (Phi) is 7.38. The van der Waals surface area contributed by atoms with Crippen molar-refractivity contribution in [1.29, 1.82) is 0 Å². The number of halogens is 6. The molecule has 0 unspecified atom stereocenters. The van der Waals surface area contributed by atoms with Gasteiger partial charge >= 0.3 is 207 Å². The number of hydrogen-bond acceptors (Lipinski definition) is 8. The number of thiophene rings is 1. The number of hydrogen-bond donors (Lipinski definition) is 1. The number of carbonyl (C=O) groups is 1. The summed E-state index contributed by atoms with van der Waals surface area (Å²) in [6.45, 7) is 2.08. The number of nitrogens with one attached hydrogen (secondary N) is 1. The van der Waals surface area contributed by atoms with E-state index >= 15 is 0 Å². The first kappa shape index (κ1) is 26.8. The zero-order valence-corrected chi connectivity index (χ0v) is 22.1. The van der Waals surface area contributed by atoms with E-state index in [1.54, 1.807) is 6.92 Å². The molecule has 1 fully saturated rings. The van der Waals surface area contributed by atoms with E-state index in [0.29, 0.717) is 34.1 Å². The molecule has 4 rings (SSSR count). The van der Waals surface area contributed by atoms with Crippen molar-refractivity contribution >= 4 is 31.5 Å². The molecule has 1 aliphatic carbocycles. The summed E-state index contributed by atoms with van der Waals surface area (Å²) in [6.07, 6.45) is -7.30. The molecule has 2 aromatic heterocycles. The molecule has 3 heterocycles. The minimum atomic E-state index is -4.55. The van der Waals surface area contributed by atoms with Gasteiger partial charge in [0, 0.05) is 0 Å². The predicted octanol–water partition coefficient (Wildman–Crippen LogP) is -0.0127. The number of ether oxygens (including phenoxy) is 1. The Bertz CT molecular complexity index is 1330. The van der Waals surface area contributed by atoms with Crippen LogP contribution in [0.15, 0.2) is 14.6 Å². The van der Waals surface area contributed by atoms with Gasteiger partial charge in [0.2, 0.25) is 0 Å². The van der Waals surface area contributed by atoms with Gasteiger partial charge in [0.05, 0.1) is 0 Å². The van der Waals surface area contributed by atoms with Crippen molar-refractivity contribution in [1.82, 2.24) is 17.6 Å². The minimum absolute atomic E-state index is 0.0552. The monoisotopic (exact) mass is 650 g/mol. The van der Waals surface area contributed by atoms with Gasteiger partial charge in [-0.05, 0) is 0 Å². The van der Waals surface area contributed by atoms with Crippen LogP contribution in [0.2, 0.25) is 0 Å². The van der Waals surface area contributed by atoms with Crippen molar-refractivity contribution in [3.8, 4) is 0 Å². The second kappa shape index (κ2) is 9.90. The molecule has 0 bridgehead atoms. The average Bonchev–Trinajstić information content (AvgIpc) is 3.34. The quantitative estimate of drug-likeness (QED) is 0.196. The molecular formula is C20H22F5IN5O4S-. The fourth-order valence-corrected chi connectivity index (χ4v) is 6.67. The molecule has 0 spiro atoms. The molecule has 0 saturated heterocycles. The number of nitrogens with zero attached hydrogens (tertiary/aromatic N) is 4. The zero-order valence-electron chi connectivity index (χ0n) is 19.1. The van der Waals surface area contributed by atoms with Crippen LogP contribution in [-0.4, -0.2) is 56.3 Å². The third-order valence-electron chi connectivity index (χ3n) is 6.03. The molecular weight excluding hydrogens is 628 g/mol. The van der Waals surface area contributed by atoms with Crippen molar-refractivity contribution in [3.05, 3.63) is 31.3 Å². The number of carbonyl (C=O) groups excluding carboxylic acids is 1. The number of alkyl halides is 5. The van der Waals surface area contributed by atoms with Crippen molar-refractivity contribution in [2.45, 2.75) is 57.4 Å². The number of fused-ring (bicyclic) bond motifs is 1. The Morgan fingerprint density at radius 2 is 2.00 bits per heavy atom. The Morgan fingerprint density at radius 3 is 2.61 bits per heavy atom. The molecule has 2 aliphatic rings. The molecule has 0 aromatic carbocycles. The van der Waals surface area contributed by atoms with Gasteiger partial charge in [0.15, 0.2) is 0 Å². The maximum atomic E-state index is 13.5. The van der Waals surface area contributed by atoms with Gasteiger partial charge in [-0.15, -0.1) is 0 Å². The van der Waals surface area contributed by atoms with Crippen molar-refractivity contribution in [3.63, 3.8) is 0 Å². The summed E-state index contributed by atoms with van der Waals surface area (Å²) in [6, 6.07) is -1.08. The summed E-state index contributed by atoms with van der Waals surface area (Å²) in [7, 11) is 1.27. The van der Waals surface area contributed by atoms with Crippen LogP contribution in [0.4, 0.5) is 26.7 Å². The van der Waals surface area contributed by atoms with Crippen LogP contribution in [0, 0.1) is 6.92 Å². The summed E-state index contributed by atoms with van der Waals surface area (Å²) in [5.41, 5.74) is -1.32. The fourth-order valence-electron chi connectivity index (χ4n) is 4.15. The van der Waals surface area contributed by atoms with Crippen LogP contribution in [0.1, 0.15) is 35.7 Å². The average molecular weight is 650 g/mol. The molecule has 1 aliphatic heterocycles. The van der Waals surface area contributed by atoms with Gasteiger partial charge in [-0.1, -0.05) is 0 Å². The summed E-state index contributed by atoms with van der Waals surface area (Å²) in [4.78, 5) is 44.7. The number of aryl methyl sites for hydroxylation is 2. The van der Waals surface area contributed by atoms with E-state index in [1.807, 2.05) is 4.90 Å².